The second kappa shape index (κ2) is 15.3. The number of fused-ring (bicyclic) bond motifs is 2. The van der Waals surface area contributed by atoms with Crippen molar-refractivity contribution in [3.8, 4) is 5.75 Å². The molecule has 220 valence electrons. The van der Waals surface area contributed by atoms with Crippen LogP contribution >= 0.6 is 0 Å². The van der Waals surface area contributed by atoms with Gasteiger partial charge in [-0.05, 0) is 65.6 Å². The molecule has 0 bridgehead atoms. The number of rotatable bonds is 8. The normalized spacial score (nSPS) is 13.1. The van der Waals surface area contributed by atoms with Crippen molar-refractivity contribution in [1.82, 2.24) is 10.3 Å². The third-order valence-electron chi connectivity index (χ3n) is 6.45. The van der Waals surface area contributed by atoms with Crippen LogP contribution < -0.4 is 10.9 Å². The molecular weight excluding hydrogens is 532 g/mol. The molecule has 0 aliphatic heterocycles. The Morgan fingerprint density at radius 2 is 1.46 bits per heavy atom. The number of pyridine rings is 1. The van der Waals surface area contributed by atoms with Crippen LogP contribution in [0.4, 0.5) is 0 Å². The third-order valence-corrected chi connectivity index (χ3v) is 6.45. The molecule has 0 unspecified atom stereocenters. The number of aliphatic hydroxyl groups is 1. The fourth-order valence-electron chi connectivity index (χ4n) is 4.66. The number of aromatic amines is 1. The van der Waals surface area contributed by atoms with Crippen LogP contribution in [0.5, 0.6) is 5.75 Å². The SMILES string of the molecule is CC(=O)O.CCc1cc2c(cc1CC)CC(NC[C@H](O)c1ccc(O)c3[nH]c(=O)ccc13)C2.O=C(O)/C=C\C(=O)O. The van der Waals surface area contributed by atoms with E-state index in [1.54, 1.807) is 12.1 Å². The fraction of sp³-hybridized carbons (Fsp3) is 0.333. The van der Waals surface area contributed by atoms with E-state index in [1.807, 2.05) is 0 Å². The van der Waals surface area contributed by atoms with Crippen molar-refractivity contribution >= 4 is 28.8 Å². The van der Waals surface area contributed by atoms with E-state index in [0.717, 1.165) is 32.6 Å². The van der Waals surface area contributed by atoms with Gasteiger partial charge in [0.05, 0.1) is 11.6 Å². The number of phenols is 1. The van der Waals surface area contributed by atoms with Gasteiger partial charge in [-0.1, -0.05) is 32.0 Å². The highest BCUT2D eigenvalue weighted by molar-refractivity contribution is 5.89. The molecule has 1 aliphatic rings. The number of benzene rings is 2. The maximum Gasteiger partial charge on any atom is 0.328 e. The molecule has 1 heterocycles. The number of aryl methyl sites for hydroxylation is 2. The first-order valence-electron chi connectivity index (χ1n) is 13.1. The molecule has 1 aliphatic carbocycles. The molecule has 4 rings (SSSR count). The van der Waals surface area contributed by atoms with Gasteiger partial charge >= 0.3 is 11.9 Å². The summed E-state index contributed by atoms with van der Waals surface area (Å²) < 4.78 is 0. The van der Waals surface area contributed by atoms with Gasteiger partial charge in [0.2, 0.25) is 5.56 Å². The highest BCUT2D eigenvalue weighted by Crippen LogP contribution is 2.30. The van der Waals surface area contributed by atoms with E-state index in [1.165, 1.54) is 34.4 Å². The van der Waals surface area contributed by atoms with Crippen LogP contribution in [0.2, 0.25) is 0 Å². The van der Waals surface area contributed by atoms with Crippen LogP contribution in [0, 0.1) is 0 Å². The molecule has 3 aromatic rings. The van der Waals surface area contributed by atoms with Gasteiger partial charge in [0.1, 0.15) is 5.75 Å². The Hall–Kier alpha value is -4.48. The summed E-state index contributed by atoms with van der Waals surface area (Å²) in [6, 6.07) is 11.3. The summed E-state index contributed by atoms with van der Waals surface area (Å²) >= 11 is 0. The van der Waals surface area contributed by atoms with Gasteiger partial charge in [0.25, 0.3) is 5.97 Å². The minimum atomic E-state index is -1.26. The maximum atomic E-state index is 11.6. The summed E-state index contributed by atoms with van der Waals surface area (Å²) in [6.07, 6.45) is 4.45. The highest BCUT2D eigenvalue weighted by atomic mass is 16.4. The fourth-order valence-corrected chi connectivity index (χ4v) is 4.66. The van der Waals surface area contributed by atoms with E-state index in [2.05, 4.69) is 36.3 Å². The first-order chi connectivity index (χ1) is 19.4. The van der Waals surface area contributed by atoms with Gasteiger partial charge in [-0.2, -0.15) is 0 Å². The molecule has 11 nitrogen and oxygen atoms in total. The Bertz CT molecular complexity index is 1420. The smallest absolute Gasteiger partial charge is 0.328 e. The Morgan fingerprint density at radius 1 is 0.951 bits per heavy atom. The standard InChI is InChI=1S/C24H28N2O3.C4H4O4.C2H4O2/c1-3-14-9-16-11-18(12-17(16)10-15(14)4-2)25-13-22(28)19-5-7-21(27)24-20(19)6-8-23(29)26-24;5-3(6)1-2-4(7)8;1-2(3)4/h5-10,18,22,25,27-28H,3-4,11-13H2,1-2H3,(H,26,29);1-2H,(H,5,6)(H,7,8);1H3,(H,3,4)/b;2-1-;/t22-;;/m0../s1. The molecular formula is C30H36N2O9. The van der Waals surface area contributed by atoms with Crippen LogP contribution in [0.15, 0.2) is 53.3 Å². The van der Waals surface area contributed by atoms with E-state index in [0.29, 0.717) is 41.2 Å². The second-order valence-corrected chi connectivity index (χ2v) is 9.44. The number of carboxylic acids is 3. The Labute approximate surface area is 236 Å². The first-order valence-corrected chi connectivity index (χ1v) is 13.1. The summed E-state index contributed by atoms with van der Waals surface area (Å²) in [5, 5.41) is 48.0. The molecule has 7 N–H and O–H groups in total. The highest BCUT2D eigenvalue weighted by Gasteiger charge is 2.24. The molecule has 0 spiro atoms. The summed E-state index contributed by atoms with van der Waals surface area (Å²) in [6.45, 7) is 5.91. The molecule has 0 radical (unpaired) electrons. The van der Waals surface area contributed by atoms with Crippen LogP contribution in [-0.2, 0) is 40.1 Å². The number of H-pyrrole nitrogens is 1. The molecule has 1 aromatic heterocycles. The minimum absolute atomic E-state index is 0.00584. The third kappa shape index (κ3) is 9.89. The van der Waals surface area contributed by atoms with Crippen molar-refractivity contribution in [3.05, 3.63) is 86.7 Å². The van der Waals surface area contributed by atoms with Gasteiger partial charge in [-0.15, -0.1) is 0 Å². The van der Waals surface area contributed by atoms with E-state index in [4.69, 9.17) is 20.1 Å². The van der Waals surface area contributed by atoms with Gasteiger partial charge in [-0.3, -0.25) is 9.59 Å². The van der Waals surface area contributed by atoms with Crippen molar-refractivity contribution in [2.45, 2.75) is 58.6 Å². The van der Waals surface area contributed by atoms with Crippen molar-refractivity contribution in [2.24, 2.45) is 0 Å². The monoisotopic (exact) mass is 568 g/mol. The number of carboxylic acid groups (broad SMARTS) is 3. The Morgan fingerprint density at radius 3 is 1.93 bits per heavy atom. The van der Waals surface area contributed by atoms with Gasteiger partial charge in [-0.25, -0.2) is 9.59 Å². The lowest BCUT2D eigenvalue weighted by Gasteiger charge is -2.18. The number of carbonyl (C=O) groups is 3. The number of nitrogens with one attached hydrogen (secondary N) is 2. The molecule has 0 fully saturated rings. The molecule has 0 saturated carbocycles. The lowest BCUT2D eigenvalue weighted by atomic mass is 9.97. The number of aliphatic hydroxyl groups excluding tert-OH is 1. The van der Waals surface area contributed by atoms with Gasteiger partial charge < -0.3 is 35.8 Å². The van der Waals surface area contributed by atoms with Crippen molar-refractivity contribution in [3.63, 3.8) is 0 Å². The lowest BCUT2D eigenvalue weighted by Crippen LogP contribution is -2.33. The summed E-state index contributed by atoms with van der Waals surface area (Å²) in [5.74, 6) is -3.34. The number of aromatic hydroxyl groups is 1. The summed E-state index contributed by atoms with van der Waals surface area (Å²) in [4.78, 5) is 42.3. The van der Waals surface area contributed by atoms with Crippen molar-refractivity contribution in [1.29, 1.82) is 0 Å². The topological polar surface area (TPSA) is 197 Å². The molecule has 1 atom stereocenters. The largest absolute Gasteiger partial charge is 0.506 e. The van der Waals surface area contributed by atoms with Gasteiger partial charge in [0, 0.05) is 43.1 Å². The van der Waals surface area contributed by atoms with E-state index >= 15 is 0 Å². The Kier molecular flexibility index (Phi) is 12.2. The number of aromatic nitrogens is 1. The zero-order valence-electron chi connectivity index (χ0n) is 23.2. The van der Waals surface area contributed by atoms with E-state index < -0.39 is 24.0 Å². The predicted octanol–water partition coefficient (Wildman–Crippen LogP) is 2.95. The summed E-state index contributed by atoms with van der Waals surface area (Å²) in [5.41, 5.74) is 6.49. The summed E-state index contributed by atoms with van der Waals surface area (Å²) in [7, 11) is 0. The van der Waals surface area contributed by atoms with Crippen LogP contribution in [0.1, 0.15) is 54.7 Å². The van der Waals surface area contributed by atoms with Crippen LogP contribution in [-0.4, -0.2) is 61.0 Å². The van der Waals surface area contributed by atoms with Gasteiger partial charge in [0.15, 0.2) is 0 Å². The number of phenolic OH excluding ortho intramolecular Hbond substituents is 1. The first kappa shape index (κ1) is 32.7. The molecule has 41 heavy (non-hydrogen) atoms. The second-order valence-electron chi connectivity index (χ2n) is 9.44. The molecule has 11 heteroatoms. The molecule has 2 aromatic carbocycles. The number of hydrogen-bond donors (Lipinski definition) is 7. The lowest BCUT2D eigenvalue weighted by molar-refractivity contribution is -0.134. The Balaban J connectivity index is 0.000000414. The molecule has 0 amide bonds. The average molecular weight is 569 g/mol. The van der Waals surface area contributed by atoms with Crippen LogP contribution in [0.3, 0.4) is 0 Å². The van der Waals surface area contributed by atoms with E-state index in [-0.39, 0.29) is 11.3 Å². The number of hydrogen-bond acceptors (Lipinski definition) is 7. The zero-order valence-corrected chi connectivity index (χ0v) is 23.2. The van der Waals surface area contributed by atoms with Crippen LogP contribution in [0.25, 0.3) is 10.9 Å². The average Bonchev–Trinajstić information content (AvgIpc) is 3.32. The van der Waals surface area contributed by atoms with Crippen molar-refractivity contribution in [2.75, 3.05) is 6.54 Å². The molecule has 0 saturated heterocycles. The zero-order chi connectivity index (χ0) is 30.7. The minimum Gasteiger partial charge on any atom is -0.506 e. The number of aliphatic carboxylic acids is 3. The maximum absolute atomic E-state index is 11.6. The predicted molar refractivity (Wildman–Crippen MR) is 153 cm³/mol. The van der Waals surface area contributed by atoms with E-state index in [9.17, 15) is 24.6 Å². The van der Waals surface area contributed by atoms with Crippen molar-refractivity contribution < 1.29 is 39.9 Å². The quantitative estimate of drug-likeness (QED) is 0.198.